The second kappa shape index (κ2) is 8.31. The van der Waals surface area contributed by atoms with Gasteiger partial charge >= 0.3 is 0 Å². The molecule has 4 heteroatoms. The van der Waals surface area contributed by atoms with Crippen LogP contribution in [0.5, 0.6) is 0 Å². The second-order valence-corrected chi connectivity index (χ2v) is 5.70. The van der Waals surface area contributed by atoms with Crippen molar-refractivity contribution in [1.29, 1.82) is 0 Å². The van der Waals surface area contributed by atoms with Gasteiger partial charge in [-0.05, 0) is 47.5 Å². The van der Waals surface area contributed by atoms with Gasteiger partial charge in [-0.15, -0.1) is 0 Å². The molecular formula is C15H21BrFNO. The Labute approximate surface area is 122 Å². The Morgan fingerprint density at radius 2 is 2.11 bits per heavy atom. The molecule has 0 saturated heterocycles. The minimum atomic E-state index is -0.399. The zero-order valence-corrected chi connectivity index (χ0v) is 13.1. The number of nitrogens with one attached hydrogen (secondary N) is 1. The first-order chi connectivity index (χ1) is 9.04. The third kappa shape index (κ3) is 5.72. The standard InChI is InChI=1S/C15H21BrFNO/c1-3-4-5-6-7-11(2)18-15(19)13-10-12(17)8-9-14(13)16/h8-11H,3-7H2,1-2H3,(H,18,19). The lowest BCUT2D eigenvalue weighted by Gasteiger charge is -2.14. The highest BCUT2D eigenvalue weighted by atomic mass is 79.9. The first kappa shape index (κ1) is 16.2. The van der Waals surface area contributed by atoms with E-state index < -0.39 is 5.82 Å². The van der Waals surface area contributed by atoms with Gasteiger partial charge in [-0.25, -0.2) is 4.39 Å². The molecule has 0 radical (unpaired) electrons. The van der Waals surface area contributed by atoms with Crippen LogP contribution in [0.25, 0.3) is 0 Å². The third-order valence-corrected chi connectivity index (χ3v) is 3.73. The van der Waals surface area contributed by atoms with E-state index >= 15 is 0 Å². The molecule has 106 valence electrons. The monoisotopic (exact) mass is 329 g/mol. The van der Waals surface area contributed by atoms with Gasteiger partial charge in [0.05, 0.1) is 5.56 Å². The number of halogens is 2. The third-order valence-electron chi connectivity index (χ3n) is 3.04. The molecule has 1 unspecified atom stereocenters. The van der Waals surface area contributed by atoms with E-state index in [2.05, 4.69) is 28.2 Å². The van der Waals surface area contributed by atoms with Gasteiger partial charge in [0, 0.05) is 10.5 Å². The largest absolute Gasteiger partial charge is 0.350 e. The Kier molecular flexibility index (Phi) is 7.06. The SMILES string of the molecule is CCCCCCC(C)NC(=O)c1cc(F)ccc1Br. The molecule has 1 atom stereocenters. The summed E-state index contributed by atoms with van der Waals surface area (Å²) in [6.45, 7) is 4.16. The highest BCUT2D eigenvalue weighted by Crippen LogP contribution is 2.18. The number of hydrogen-bond acceptors (Lipinski definition) is 1. The summed E-state index contributed by atoms with van der Waals surface area (Å²) in [7, 11) is 0. The van der Waals surface area contributed by atoms with Gasteiger partial charge in [0.2, 0.25) is 0 Å². The highest BCUT2D eigenvalue weighted by molar-refractivity contribution is 9.10. The van der Waals surface area contributed by atoms with E-state index in [1.807, 2.05) is 6.92 Å². The van der Waals surface area contributed by atoms with Crippen LogP contribution in [0.15, 0.2) is 22.7 Å². The Hall–Kier alpha value is -0.900. The van der Waals surface area contributed by atoms with Crippen molar-refractivity contribution < 1.29 is 9.18 Å². The fraction of sp³-hybridized carbons (Fsp3) is 0.533. The van der Waals surface area contributed by atoms with Gasteiger partial charge in [-0.3, -0.25) is 4.79 Å². The molecule has 0 fully saturated rings. The lowest BCUT2D eigenvalue weighted by Crippen LogP contribution is -2.32. The first-order valence-corrected chi connectivity index (χ1v) is 7.59. The summed E-state index contributed by atoms with van der Waals surface area (Å²) < 4.78 is 13.7. The van der Waals surface area contributed by atoms with Gasteiger partial charge in [0.1, 0.15) is 5.82 Å². The van der Waals surface area contributed by atoms with Gasteiger partial charge in [-0.1, -0.05) is 32.6 Å². The molecule has 0 aliphatic rings. The predicted octanol–water partition coefficient (Wildman–Crippen LogP) is 4.68. The molecule has 19 heavy (non-hydrogen) atoms. The average molecular weight is 330 g/mol. The molecule has 1 rings (SSSR count). The van der Waals surface area contributed by atoms with E-state index in [9.17, 15) is 9.18 Å². The lowest BCUT2D eigenvalue weighted by atomic mass is 10.1. The van der Waals surface area contributed by atoms with Crippen molar-refractivity contribution >= 4 is 21.8 Å². The maximum atomic E-state index is 13.1. The zero-order valence-electron chi connectivity index (χ0n) is 11.5. The summed E-state index contributed by atoms with van der Waals surface area (Å²) >= 11 is 3.27. The van der Waals surface area contributed by atoms with Crippen LogP contribution in [0.3, 0.4) is 0 Å². The molecule has 2 nitrogen and oxygen atoms in total. The van der Waals surface area contributed by atoms with Crippen molar-refractivity contribution in [1.82, 2.24) is 5.32 Å². The van der Waals surface area contributed by atoms with Crippen LogP contribution in [0.2, 0.25) is 0 Å². The summed E-state index contributed by atoms with van der Waals surface area (Å²) in [6.07, 6.45) is 5.70. The maximum absolute atomic E-state index is 13.1. The fourth-order valence-corrected chi connectivity index (χ4v) is 2.35. The van der Waals surface area contributed by atoms with Crippen molar-refractivity contribution in [2.24, 2.45) is 0 Å². The van der Waals surface area contributed by atoms with E-state index in [0.717, 1.165) is 12.8 Å². The number of hydrogen-bond donors (Lipinski definition) is 1. The van der Waals surface area contributed by atoms with E-state index in [-0.39, 0.29) is 11.9 Å². The average Bonchev–Trinajstić information content (AvgIpc) is 2.37. The summed E-state index contributed by atoms with van der Waals surface area (Å²) in [5.74, 6) is -0.627. The highest BCUT2D eigenvalue weighted by Gasteiger charge is 2.13. The summed E-state index contributed by atoms with van der Waals surface area (Å²) in [5, 5.41) is 2.91. The molecular weight excluding hydrogens is 309 g/mol. The van der Waals surface area contributed by atoms with E-state index in [4.69, 9.17) is 0 Å². The van der Waals surface area contributed by atoms with E-state index in [1.165, 1.54) is 31.4 Å². The number of amides is 1. The smallest absolute Gasteiger partial charge is 0.252 e. The van der Waals surface area contributed by atoms with Crippen LogP contribution < -0.4 is 5.32 Å². The minimum Gasteiger partial charge on any atom is -0.350 e. The summed E-state index contributed by atoms with van der Waals surface area (Å²) in [4.78, 5) is 12.0. The predicted molar refractivity (Wildman–Crippen MR) is 79.8 cm³/mol. The van der Waals surface area contributed by atoms with Crippen molar-refractivity contribution in [2.75, 3.05) is 0 Å². The second-order valence-electron chi connectivity index (χ2n) is 4.85. The van der Waals surface area contributed by atoms with E-state index in [0.29, 0.717) is 10.0 Å². The molecule has 0 spiro atoms. The number of carbonyl (C=O) groups is 1. The number of unbranched alkanes of at least 4 members (excludes halogenated alkanes) is 3. The quantitative estimate of drug-likeness (QED) is 0.723. The molecule has 0 saturated carbocycles. The van der Waals surface area contributed by atoms with Gasteiger partial charge < -0.3 is 5.32 Å². The molecule has 1 amide bonds. The van der Waals surface area contributed by atoms with Crippen LogP contribution in [0.1, 0.15) is 56.3 Å². The van der Waals surface area contributed by atoms with E-state index in [1.54, 1.807) is 6.07 Å². The normalized spacial score (nSPS) is 12.2. The Balaban J connectivity index is 2.47. The summed E-state index contributed by atoms with van der Waals surface area (Å²) in [6, 6.07) is 4.24. The van der Waals surface area contributed by atoms with Gasteiger partial charge in [0.25, 0.3) is 5.91 Å². The van der Waals surface area contributed by atoms with Crippen molar-refractivity contribution in [3.8, 4) is 0 Å². The Morgan fingerprint density at radius 1 is 1.37 bits per heavy atom. The van der Waals surface area contributed by atoms with Crippen LogP contribution in [-0.2, 0) is 0 Å². The number of rotatable bonds is 7. The van der Waals surface area contributed by atoms with Crippen LogP contribution in [0.4, 0.5) is 4.39 Å². The van der Waals surface area contributed by atoms with Crippen LogP contribution >= 0.6 is 15.9 Å². The molecule has 0 heterocycles. The molecule has 0 bridgehead atoms. The first-order valence-electron chi connectivity index (χ1n) is 6.80. The minimum absolute atomic E-state index is 0.111. The Morgan fingerprint density at radius 3 is 2.79 bits per heavy atom. The zero-order chi connectivity index (χ0) is 14.3. The lowest BCUT2D eigenvalue weighted by molar-refractivity contribution is 0.0936. The molecule has 0 aliphatic carbocycles. The van der Waals surface area contributed by atoms with Gasteiger partial charge in [0.15, 0.2) is 0 Å². The summed E-state index contributed by atoms with van der Waals surface area (Å²) in [5.41, 5.74) is 0.348. The Bertz CT molecular complexity index is 423. The fourth-order valence-electron chi connectivity index (χ4n) is 1.92. The topological polar surface area (TPSA) is 29.1 Å². The molecule has 1 aromatic rings. The van der Waals surface area contributed by atoms with Crippen molar-refractivity contribution in [3.63, 3.8) is 0 Å². The van der Waals surface area contributed by atoms with Crippen LogP contribution in [-0.4, -0.2) is 11.9 Å². The van der Waals surface area contributed by atoms with Crippen molar-refractivity contribution in [2.45, 2.75) is 52.0 Å². The number of carbonyl (C=O) groups excluding carboxylic acids is 1. The molecule has 1 N–H and O–H groups in total. The van der Waals surface area contributed by atoms with Crippen LogP contribution in [0, 0.1) is 5.82 Å². The number of benzene rings is 1. The van der Waals surface area contributed by atoms with Crippen molar-refractivity contribution in [3.05, 3.63) is 34.1 Å². The molecule has 1 aromatic carbocycles. The van der Waals surface area contributed by atoms with Gasteiger partial charge in [-0.2, -0.15) is 0 Å². The maximum Gasteiger partial charge on any atom is 0.252 e. The molecule has 0 aromatic heterocycles. The molecule has 0 aliphatic heterocycles.